The Hall–Kier alpha value is -1.53. The molecule has 0 spiro atoms. The molecule has 0 aliphatic heterocycles. The number of nitrogens with two attached hydrogens (primary N) is 4. The lowest BCUT2D eigenvalue weighted by molar-refractivity contribution is 0.439. The maximum atomic E-state index is 5.72. The van der Waals surface area contributed by atoms with Gasteiger partial charge >= 0.3 is 0 Å². The number of thiocarbonyl (C=S) groups is 1. The van der Waals surface area contributed by atoms with E-state index in [2.05, 4.69) is 0 Å². The third-order valence-electron chi connectivity index (χ3n) is 1.86. The lowest BCUT2D eigenvalue weighted by atomic mass is 10.1. The summed E-state index contributed by atoms with van der Waals surface area (Å²) in [4.78, 5) is 0. The van der Waals surface area contributed by atoms with Crippen molar-refractivity contribution >= 4 is 28.7 Å². The van der Waals surface area contributed by atoms with Crippen molar-refractivity contribution in [2.45, 2.75) is 6.54 Å². The predicted molar refractivity (Wildman–Crippen MR) is 61.8 cm³/mol. The van der Waals surface area contributed by atoms with Gasteiger partial charge in [0.05, 0.1) is 6.54 Å². The Balaban J connectivity index is 2.91. The molecule has 0 saturated carbocycles. The van der Waals surface area contributed by atoms with E-state index in [9.17, 15) is 0 Å². The SMILES string of the molecule is NC(=S)N(N)Cc1c(N)cccc1N. The molecule has 0 aromatic heterocycles. The number of hydrogen-bond donors (Lipinski definition) is 4. The van der Waals surface area contributed by atoms with Gasteiger partial charge in [-0.1, -0.05) is 6.07 Å². The second-order valence-corrected chi connectivity index (χ2v) is 3.30. The quantitative estimate of drug-likeness (QED) is 0.233. The summed E-state index contributed by atoms with van der Waals surface area (Å²) in [7, 11) is 0. The van der Waals surface area contributed by atoms with Crippen LogP contribution in [0.3, 0.4) is 0 Å². The zero-order valence-electron chi connectivity index (χ0n) is 7.60. The van der Waals surface area contributed by atoms with E-state index in [0.29, 0.717) is 17.9 Å². The first kappa shape index (κ1) is 10.6. The van der Waals surface area contributed by atoms with Crippen LogP contribution in [-0.2, 0) is 6.54 Å². The Labute approximate surface area is 87.6 Å². The van der Waals surface area contributed by atoms with Crippen LogP contribution in [0.1, 0.15) is 5.56 Å². The molecular weight excluding hydrogens is 198 g/mol. The van der Waals surface area contributed by atoms with E-state index in [-0.39, 0.29) is 5.11 Å². The third-order valence-corrected chi connectivity index (χ3v) is 2.09. The van der Waals surface area contributed by atoms with Crippen molar-refractivity contribution in [3.63, 3.8) is 0 Å². The van der Waals surface area contributed by atoms with Gasteiger partial charge < -0.3 is 17.2 Å². The Morgan fingerprint density at radius 1 is 1.29 bits per heavy atom. The van der Waals surface area contributed by atoms with E-state index >= 15 is 0 Å². The van der Waals surface area contributed by atoms with E-state index in [1.807, 2.05) is 0 Å². The lowest BCUT2D eigenvalue weighted by Gasteiger charge is -2.18. The van der Waals surface area contributed by atoms with E-state index in [4.69, 9.17) is 35.3 Å². The Kier molecular flexibility index (Phi) is 3.10. The summed E-state index contributed by atoms with van der Waals surface area (Å²) in [6, 6.07) is 5.27. The fraction of sp³-hybridized carbons (Fsp3) is 0.125. The highest BCUT2D eigenvalue weighted by molar-refractivity contribution is 7.80. The van der Waals surface area contributed by atoms with Crippen LogP contribution in [0.15, 0.2) is 18.2 Å². The second-order valence-electron chi connectivity index (χ2n) is 2.88. The molecule has 5 nitrogen and oxygen atoms in total. The highest BCUT2D eigenvalue weighted by Crippen LogP contribution is 2.19. The van der Waals surface area contributed by atoms with Crippen LogP contribution in [0, 0.1) is 0 Å². The largest absolute Gasteiger partial charge is 0.398 e. The summed E-state index contributed by atoms with van der Waals surface area (Å²) in [5, 5.41) is 1.32. The molecule has 0 saturated heterocycles. The van der Waals surface area contributed by atoms with Crippen LogP contribution in [-0.4, -0.2) is 10.1 Å². The molecule has 0 bridgehead atoms. The molecule has 14 heavy (non-hydrogen) atoms. The molecule has 0 atom stereocenters. The maximum absolute atomic E-state index is 5.72. The summed E-state index contributed by atoms with van der Waals surface area (Å²) in [6.45, 7) is 0.313. The molecule has 8 N–H and O–H groups in total. The predicted octanol–water partition coefficient (Wildman–Crippen LogP) is -0.230. The van der Waals surface area contributed by atoms with E-state index in [1.54, 1.807) is 18.2 Å². The third kappa shape index (κ3) is 2.24. The van der Waals surface area contributed by atoms with Gasteiger partial charge in [0.2, 0.25) is 0 Å². The van der Waals surface area contributed by atoms with Crippen LogP contribution in [0.5, 0.6) is 0 Å². The molecule has 0 aliphatic carbocycles. The Bertz CT molecular complexity index is 331. The Morgan fingerprint density at radius 2 is 1.79 bits per heavy atom. The number of benzene rings is 1. The molecule has 0 heterocycles. The first-order valence-corrected chi connectivity index (χ1v) is 4.37. The zero-order chi connectivity index (χ0) is 10.7. The molecule has 0 aliphatic rings. The average Bonchev–Trinajstić information content (AvgIpc) is 2.11. The molecule has 1 aromatic carbocycles. The van der Waals surface area contributed by atoms with Crippen molar-refractivity contribution in [2.75, 3.05) is 11.5 Å². The van der Waals surface area contributed by atoms with Crippen molar-refractivity contribution in [1.29, 1.82) is 0 Å². The van der Waals surface area contributed by atoms with Crippen molar-refractivity contribution in [3.05, 3.63) is 23.8 Å². The topological polar surface area (TPSA) is 107 Å². The lowest BCUT2D eigenvalue weighted by Crippen LogP contribution is -2.40. The molecule has 0 amide bonds. The number of nitrogens with zero attached hydrogens (tertiary/aromatic N) is 1. The van der Waals surface area contributed by atoms with E-state index < -0.39 is 0 Å². The van der Waals surface area contributed by atoms with Gasteiger partial charge in [-0.3, -0.25) is 5.01 Å². The fourth-order valence-corrected chi connectivity index (χ4v) is 1.12. The van der Waals surface area contributed by atoms with Crippen LogP contribution >= 0.6 is 12.2 Å². The van der Waals surface area contributed by atoms with Gasteiger partial charge in [0.1, 0.15) is 0 Å². The van der Waals surface area contributed by atoms with Crippen LogP contribution < -0.4 is 23.0 Å². The minimum Gasteiger partial charge on any atom is -0.398 e. The molecule has 0 fully saturated rings. The minimum atomic E-state index is 0.104. The number of anilines is 2. The standard InChI is InChI=1S/C8H13N5S/c9-6-2-1-3-7(10)5(6)4-13(12)8(11)14/h1-3H,4,9-10,12H2,(H2,11,14). The zero-order valence-corrected chi connectivity index (χ0v) is 8.42. The van der Waals surface area contributed by atoms with Gasteiger partial charge in [-0.05, 0) is 24.4 Å². The second kappa shape index (κ2) is 4.12. The van der Waals surface area contributed by atoms with Crippen molar-refractivity contribution in [2.24, 2.45) is 11.6 Å². The molecule has 1 aromatic rings. The van der Waals surface area contributed by atoms with Crippen LogP contribution in [0.4, 0.5) is 11.4 Å². The molecule has 0 radical (unpaired) electrons. The van der Waals surface area contributed by atoms with Gasteiger partial charge in [0.15, 0.2) is 5.11 Å². The number of nitrogen functional groups attached to an aromatic ring is 2. The van der Waals surface area contributed by atoms with Crippen molar-refractivity contribution in [3.8, 4) is 0 Å². The van der Waals surface area contributed by atoms with Gasteiger partial charge in [-0.15, -0.1) is 0 Å². The van der Waals surface area contributed by atoms with Gasteiger partial charge in [0, 0.05) is 16.9 Å². The first-order chi connectivity index (χ1) is 6.52. The molecule has 0 unspecified atom stereocenters. The van der Waals surface area contributed by atoms with E-state index in [1.165, 1.54) is 5.01 Å². The summed E-state index contributed by atoms with van der Waals surface area (Å²) in [6.07, 6.45) is 0. The summed E-state index contributed by atoms with van der Waals surface area (Å²) in [5.41, 5.74) is 18.7. The average molecular weight is 211 g/mol. The molecule has 6 heteroatoms. The highest BCUT2D eigenvalue weighted by atomic mass is 32.1. The van der Waals surface area contributed by atoms with E-state index in [0.717, 1.165) is 5.56 Å². The number of rotatable bonds is 2. The molecule has 76 valence electrons. The number of hydrogen-bond acceptors (Lipinski definition) is 4. The van der Waals surface area contributed by atoms with Gasteiger partial charge in [-0.25, -0.2) is 5.84 Å². The van der Waals surface area contributed by atoms with Crippen LogP contribution in [0.25, 0.3) is 0 Å². The molecular formula is C8H13N5S. The van der Waals surface area contributed by atoms with Crippen molar-refractivity contribution in [1.82, 2.24) is 5.01 Å². The normalized spacial score (nSPS) is 9.79. The van der Waals surface area contributed by atoms with Gasteiger partial charge in [0.25, 0.3) is 0 Å². The van der Waals surface area contributed by atoms with Crippen LogP contribution in [0.2, 0.25) is 0 Å². The van der Waals surface area contributed by atoms with Gasteiger partial charge in [-0.2, -0.15) is 0 Å². The Morgan fingerprint density at radius 3 is 2.21 bits per heavy atom. The maximum Gasteiger partial charge on any atom is 0.180 e. The summed E-state index contributed by atoms with van der Waals surface area (Å²) in [5.74, 6) is 5.54. The highest BCUT2D eigenvalue weighted by Gasteiger charge is 2.07. The summed E-state index contributed by atoms with van der Waals surface area (Å²) < 4.78 is 0. The first-order valence-electron chi connectivity index (χ1n) is 3.97. The monoisotopic (exact) mass is 211 g/mol. The minimum absolute atomic E-state index is 0.104. The molecule has 1 rings (SSSR count). The smallest absolute Gasteiger partial charge is 0.180 e. The summed E-state index contributed by atoms with van der Waals surface area (Å²) >= 11 is 4.70. The fourth-order valence-electron chi connectivity index (χ4n) is 1.05. The number of hydrazine groups is 1. The van der Waals surface area contributed by atoms with Crippen molar-refractivity contribution < 1.29 is 0 Å².